The monoisotopic (exact) mass is 530 g/mol. The Morgan fingerprint density at radius 2 is 1.15 bits per heavy atom. The molecule has 158 valence electrons. The predicted molar refractivity (Wildman–Crippen MR) is 92.6 cm³/mol. The fourth-order valence-electron chi connectivity index (χ4n) is 0.472. The second-order valence-electron chi connectivity index (χ2n) is 3.48. The van der Waals surface area contributed by atoms with Crippen LogP contribution in [0.15, 0.2) is 0 Å². The van der Waals surface area contributed by atoms with Gasteiger partial charge in [0.2, 0.25) is 0 Å². The van der Waals surface area contributed by atoms with E-state index >= 15 is 0 Å². The van der Waals surface area contributed by atoms with Crippen molar-refractivity contribution in [3.63, 3.8) is 0 Å². The van der Waals surface area contributed by atoms with Crippen molar-refractivity contribution >= 4 is 102 Å². The maximum Gasteiger partial charge on any atom is 2.00 e. The van der Waals surface area contributed by atoms with E-state index in [9.17, 15) is 8.99 Å². The summed E-state index contributed by atoms with van der Waals surface area (Å²) in [6.07, 6.45) is -5.52. The van der Waals surface area contributed by atoms with E-state index in [1.54, 1.807) is 0 Å². The summed E-state index contributed by atoms with van der Waals surface area (Å²) in [6.45, 7) is -0.0845. The Morgan fingerprint density at radius 3 is 1.22 bits per heavy atom. The van der Waals surface area contributed by atoms with Gasteiger partial charge in [-0.05, 0) is 6.92 Å². The number of aliphatic hydroxyl groups is 6. The molecular formula is C8H28Ca2ClF2Na2O11P. The molecule has 11 nitrogen and oxygen atoms in total. The van der Waals surface area contributed by atoms with Gasteiger partial charge in [-0.1, -0.05) is 0 Å². The van der Waals surface area contributed by atoms with Gasteiger partial charge < -0.3 is 44.3 Å². The van der Waals surface area contributed by atoms with Crippen molar-refractivity contribution in [1.29, 1.82) is 0 Å². The third-order valence-electron chi connectivity index (χ3n) is 1.52. The summed E-state index contributed by atoms with van der Waals surface area (Å²) in [5, 5.41) is 58.3. The first-order valence-electron chi connectivity index (χ1n) is 5.19. The van der Waals surface area contributed by atoms with Crippen LogP contribution >= 0.6 is 20.3 Å². The normalized spacial score (nSPS) is 12.7. The van der Waals surface area contributed by atoms with Gasteiger partial charge in [-0.3, -0.25) is 14.5 Å². The topological polar surface area (TPSA) is 216 Å². The van der Waals surface area contributed by atoms with Crippen molar-refractivity contribution in [2.45, 2.75) is 31.3 Å². The van der Waals surface area contributed by atoms with E-state index < -0.39 is 51.5 Å². The van der Waals surface area contributed by atoms with Gasteiger partial charge in [-0.25, -0.2) is 9.36 Å². The molecule has 0 aliphatic rings. The molecule has 0 heterocycles. The second-order valence-corrected chi connectivity index (χ2v) is 4.42. The Labute approximate surface area is 273 Å². The van der Waals surface area contributed by atoms with Crippen LogP contribution in [0, 0.1) is 0 Å². The standard InChI is InChI=1S/C5H12O5.C3H6O3.2Ca.ClH.FH2O3P.FH.2Na.6H/c6-1-3(8)5(10)4(9)2-7;1-2(4)3(5)6;;;;1-5(2,3)4;;;;;;;;;/h3-10H,1-2H2;2,4H,1H3,(H,5,6);;;1H;(H2,2,3,4);1H;;;;;;;;/q;;2*+2;;;;2*+1;6*-1. The number of hydrogen-bond donors (Lipinski definition) is 9. The molecule has 3 unspecified atom stereocenters. The maximum atomic E-state index is 10.4. The molecule has 0 aromatic rings. The molecule has 0 aromatic heterocycles. The second kappa shape index (κ2) is 34.7. The summed E-state index contributed by atoms with van der Waals surface area (Å²) >= 11 is 0. The molecular weight excluding hydrogens is 503 g/mol. The zero-order valence-corrected chi connectivity index (χ0v) is 25.2. The van der Waals surface area contributed by atoms with E-state index in [-0.39, 0.29) is 160 Å². The Morgan fingerprint density at radius 1 is 1.00 bits per heavy atom. The number of hydrogen-bond acceptors (Lipinski definition) is 8. The average molecular weight is 531 g/mol. The van der Waals surface area contributed by atoms with Crippen LogP contribution in [-0.4, -0.2) is 165 Å². The van der Waals surface area contributed by atoms with Crippen molar-refractivity contribution in [3.8, 4) is 0 Å². The molecule has 0 bridgehead atoms. The van der Waals surface area contributed by atoms with E-state index in [2.05, 4.69) is 0 Å². The first-order chi connectivity index (χ1) is 9.27. The first kappa shape index (κ1) is 57.7. The zero-order chi connectivity index (χ0) is 17.8. The van der Waals surface area contributed by atoms with Gasteiger partial charge >= 0.3 is 148 Å². The summed E-state index contributed by atoms with van der Waals surface area (Å²) in [4.78, 5) is 23.4. The molecule has 0 fully saturated rings. The summed E-state index contributed by atoms with van der Waals surface area (Å²) in [6, 6.07) is 0. The summed E-state index contributed by atoms with van der Waals surface area (Å²) in [5.74, 6) is -1.19. The summed E-state index contributed by atoms with van der Waals surface area (Å²) in [5.41, 5.74) is 0. The van der Waals surface area contributed by atoms with Gasteiger partial charge in [0, 0.05) is 0 Å². The molecule has 0 radical (unpaired) electrons. The molecule has 0 aliphatic heterocycles. The first-order valence-corrected chi connectivity index (χ1v) is 6.70. The molecule has 0 aliphatic carbocycles. The molecule has 0 saturated heterocycles. The molecule has 19 heteroatoms. The van der Waals surface area contributed by atoms with Crippen LogP contribution in [0.3, 0.4) is 0 Å². The minimum Gasteiger partial charge on any atom is -1.00 e. The van der Waals surface area contributed by atoms with Crippen molar-refractivity contribution in [3.05, 3.63) is 0 Å². The Hall–Kier alpha value is 4.05. The van der Waals surface area contributed by atoms with Gasteiger partial charge in [-0.15, -0.1) is 16.6 Å². The number of carboxylic acids is 1. The molecule has 9 N–H and O–H groups in total. The number of halogens is 3. The van der Waals surface area contributed by atoms with E-state index in [4.69, 9.17) is 50.1 Å². The SMILES string of the molecule is CC(O)C(=O)O.Cl.F.O=P(O)(O)F.OCC(O)C(O)C(O)CO.[Ca+2].[Ca+2].[H-].[H-].[H-].[H-].[H-].[H-].[Na+].[Na+]. The summed E-state index contributed by atoms with van der Waals surface area (Å²) < 4.78 is 19.0. The van der Waals surface area contributed by atoms with E-state index in [1.165, 1.54) is 6.92 Å². The number of aliphatic carboxylic acids is 1. The van der Waals surface area contributed by atoms with Crippen molar-refractivity contribution < 1.29 is 131 Å². The number of carboxylic acid groups (broad SMARTS) is 1. The van der Waals surface area contributed by atoms with Crippen LogP contribution in [0.4, 0.5) is 8.90 Å². The molecule has 0 saturated carbocycles. The van der Waals surface area contributed by atoms with Crippen LogP contribution < -0.4 is 59.1 Å². The molecule has 0 spiro atoms. The van der Waals surface area contributed by atoms with Crippen LogP contribution in [0.2, 0.25) is 0 Å². The van der Waals surface area contributed by atoms with E-state index in [0.29, 0.717) is 0 Å². The van der Waals surface area contributed by atoms with Crippen molar-refractivity contribution in [1.82, 2.24) is 0 Å². The van der Waals surface area contributed by atoms with E-state index in [1.807, 2.05) is 0 Å². The van der Waals surface area contributed by atoms with Gasteiger partial charge in [0.1, 0.15) is 24.4 Å². The fourth-order valence-corrected chi connectivity index (χ4v) is 0.472. The molecule has 0 amide bonds. The number of aliphatic hydroxyl groups excluding tert-OH is 6. The number of rotatable bonds is 5. The minimum atomic E-state index is -5.14. The quantitative estimate of drug-likeness (QED) is 0.120. The minimum absolute atomic E-state index is 0. The zero-order valence-electron chi connectivity index (χ0n) is 21.1. The summed E-state index contributed by atoms with van der Waals surface area (Å²) in [7, 11) is -5.14. The van der Waals surface area contributed by atoms with Crippen LogP contribution in [-0.2, 0) is 9.36 Å². The molecule has 0 rings (SSSR count). The average Bonchev–Trinajstić information content (AvgIpc) is 2.34. The fraction of sp³-hybridized carbons (Fsp3) is 0.875. The van der Waals surface area contributed by atoms with Crippen LogP contribution in [0.5, 0.6) is 0 Å². The van der Waals surface area contributed by atoms with Crippen LogP contribution in [0.1, 0.15) is 15.5 Å². The molecule has 27 heavy (non-hydrogen) atoms. The maximum absolute atomic E-state index is 10.4. The van der Waals surface area contributed by atoms with Crippen molar-refractivity contribution in [2.75, 3.05) is 13.2 Å². The Kier molecular flexibility index (Phi) is 74.0. The third kappa shape index (κ3) is 58.8. The van der Waals surface area contributed by atoms with Crippen molar-refractivity contribution in [2.24, 2.45) is 0 Å². The van der Waals surface area contributed by atoms with E-state index in [0.717, 1.165) is 0 Å². The third-order valence-corrected chi connectivity index (χ3v) is 1.52. The molecule has 3 atom stereocenters. The smallest absolute Gasteiger partial charge is 1.00 e. The number of carbonyl (C=O) groups is 1. The molecule has 0 aromatic carbocycles. The van der Waals surface area contributed by atoms with Gasteiger partial charge in [0.05, 0.1) is 13.2 Å². The Bertz CT molecular complexity index is 341. The van der Waals surface area contributed by atoms with Crippen LogP contribution in [0.25, 0.3) is 0 Å². The van der Waals surface area contributed by atoms with Gasteiger partial charge in [-0.2, -0.15) is 0 Å². The Balaban J connectivity index is -0.00000000996. The van der Waals surface area contributed by atoms with Gasteiger partial charge in [0.25, 0.3) is 0 Å². The van der Waals surface area contributed by atoms with Gasteiger partial charge in [0.15, 0.2) is 0 Å². The largest absolute Gasteiger partial charge is 2.00 e. The predicted octanol–water partition coefficient (Wildman–Crippen LogP) is -8.95.